The van der Waals surface area contributed by atoms with Gasteiger partial charge >= 0.3 is 5.97 Å². The summed E-state index contributed by atoms with van der Waals surface area (Å²) in [5, 5.41) is 0. The maximum atomic E-state index is 11.1. The number of ether oxygens (including phenoxy) is 1. The highest BCUT2D eigenvalue weighted by atomic mass is 16.6. The van der Waals surface area contributed by atoms with Crippen molar-refractivity contribution >= 4 is 5.97 Å². The first kappa shape index (κ1) is 22.4. The maximum Gasteiger partial charge on any atom is 0.322 e. The Hall–Kier alpha value is -0.650. The summed E-state index contributed by atoms with van der Waals surface area (Å²) in [7, 11) is 0. The van der Waals surface area contributed by atoms with Crippen molar-refractivity contribution in [3.63, 3.8) is 0 Å². The van der Waals surface area contributed by atoms with E-state index in [0.29, 0.717) is 6.42 Å². The summed E-state index contributed by atoms with van der Waals surface area (Å²) in [4.78, 5) is 11.1. The van der Waals surface area contributed by atoms with Crippen LogP contribution in [0.3, 0.4) is 0 Å². The monoisotopic (exact) mass is 329 g/mol. The van der Waals surface area contributed by atoms with Crippen LogP contribution >= 0.6 is 0 Å². The maximum absolute atomic E-state index is 11.1. The molecule has 6 N–H and O–H groups in total. The summed E-state index contributed by atoms with van der Waals surface area (Å²) in [6.07, 6.45) is 17.2. The SMILES string of the molecule is CCCCCCCCCCCCCCCC(N)(N)OC(=O)CN. The van der Waals surface area contributed by atoms with Crippen molar-refractivity contribution < 1.29 is 9.53 Å². The highest BCUT2D eigenvalue weighted by Gasteiger charge is 2.22. The number of nitrogens with two attached hydrogens (primary N) is 3. The van der Waals surface area contributed by atoms with Gasteiger partial charge in [-0.15, -0.1) is 0 Å². The topological polar surface area (TPSA) is 104 Å². The molecule has 0 aliphatic carbocycles. The summed E-state index contributed by atoms with van der Waals surface area (Å²) in [6.45, 7) is 2.07. The van der Waals surface area contributed by atoms with Crippen molar-refractivity contribution in [3.05, 3.63) is 0 Å². The molecule has 0 aliphatic heterocycles. The fraction of sp³-hybridized carbons (Fsp3) is 0.944. The Morgan fingerprint density at radius 2 is 1.17 bits per heavy atom. The van der Waals surface area contributed by atoms with Gasteiger partial charge in [0, 0.05) is 6.42 Å². The number of carbonyl (C=O) groups is 1. The zero-order valence-corrected chi connectivity index (χ0v) is 15.2. The van der Waals surface area contributed by atoms with Crippen LogP contribution in [0, 0.1) is 0 Å². The number of esters is 1. The van der Waals surface area contributed by atoms with E-state index < -0.39 is 11.8 Å². The Labute approximate surface area is 142 Å². The molecule has 0 aromatic rings. The predicted octanol–water partition coefficient (Wildman–Crippen LogP) is 3.54. The number of hydrogen-bond acceptors (Lipinski definition) is 5. The quantitative estimate of drug-likeness (QED) is 0.228. The second-order valence-corrected chi connectivity index (χ2v) is 6.63. The molecule has 0 saturated heterocycles. The molecule has 0 unspecified atom stereocenters. The first-order valence-corrected chi connectivity index (χ1v) is 9.51. The molecule has 138 valence electrons. The van der Waals surface area contributed by atoms with Crippen molar-refractivity contribution in [2.24, 2.45) is 17.2 Å². The van der Waals surface area contributed by atoms with Crippen molar-refractivity contribution in [1.29, 1.82) is 0 Å². The van der Waals surface area contributed by atoms with Crippen LogP contribution in [-0.4, -0.2) is 18.4 Å². The molecule has 0 spiro atoms. The summed E-state index contributed by atoms with van der Waals surface area (Å²) < 4.78 is 4.89. The fourth-order valence-corrected chi connectivity index (χ4v) is 2.72. The van der Waals surface area contributed by atoms with Gasteiger partial charge in [0.05, 0.1) is 6.54 Å². The van der Waals surface area contributed by atoms with Crippen LogP contribution < -0.4 is 17.2 Å². The summed E-state index contributed by atoms with van der Waals surface area (Å²) in [5.74, 6) is -1.92. The van der Waals surface area contributed by atoms with Gasteiger partial charge in [0.1, 0.15) is 0 Å². The Balaban J connectivity index is 3.28. The zero-order chi connectivity index (χ0) is 17.4. The van der Waals surface area contributed by atoms with Crippen LogP contribution in [-0.2, 0) is 9.53 Å². The lowest BCUT2D eigenvalue weighted by Gasteiger charge is -2.24. The number of unbranched alkanes of at least 4 members (excludes halogenated alkanes) is 12. The van der Waals surface area contributed by atoms with Gasteiger partial charge in [-0.25, -0.2) is 0 Å². The third kappa shape index (κ3) is 16.0. The van der Waals surface area contributed by atoms with Crippen molar-refractivity contribution in [2.45, 2.75) is 103 Å². The third-order valence-corrected chi connectivity index (χ3v) is 4.14. The lowest BCUT2D eigenvalue weighted by Crippen LogP contribution is -2.53. The van der Waals surface area contributed by atoms with Crippen molar-refractivity contribution in [1.82, 2.24) is 0 Å². The number of hydrogen-bond donors (Lipinski definition) is 3. The van der Waals surface area contributed by atoms with Crippen LogP contribution in [0.4, 0.5) is 0 Å². The Morgan fingerprint density at radius 1 is 0.783 bits per heavy atom. The minimum atomic E-state index is -1.37. The van der Waals surface area contributed by atoms with Gasteiger partial charge in [-0.2, -0.15) is 0 Å². The van der Waals surface area contributed by atoms with E-state index in [2.05, 4.69) is 6.92 Å². The molecule has 0 aromatic heterocycles. The minimum absolute atomic E-state index is 0.186. The van der Waals surface area contributed by atoms with E-state index in [-0.39, 0.29) is 6.54 Å². The van der Waals surface area contributed by atoms with Gasteiger partial charge < -0.3 is 10.5 Å². The molecule has 0 rings (SSSR count). The minimum Gasteiger partial charge on any atom is -0.430 e. The molecule has 0 heterocycles. The van der Waals surface area contributed by atoms with E-state index in [1.165, 1.54) is 70.6 Å². The largest absolute Gasteiger partial charge is 0.430 e. The molecular formula is C18H39N3O2. The normalized spacial score (nSPS) is 11.7. The zero-order valence-electron chi connectivity index (χ0n) is 15.2. The molecule has 0 saturated carbocycles. The van der Waals surface area contributed by atoms with Crippen LogP contribution in [0.5, 0.6) is 0 Å². The highest BCUT2D eigenvalue weighted by Crippen LogP contribution is 2.14. The lowest BCUT2D eigenvalue weighted by molar-refractivity contribution is -0.157. The average Bonchev–Trinajstić information content (AvgIpc) is 2.51. The average molecular weight is 330 g/mol. The molecule has 0 fully saturated rings. The van der Waals surface area contributed by atoms with Gasteiger partial charge in [0.15, 0.2) is 0 Å². The predicted molar refractivity (Wildman–Crippen MR) is 96.6 cm³/mol. The molecule has 0 atom stereocenters. The Morgan fingerprint density at radius 3 is 1.57 bits per heavy atom. The van der Waals surface area contributed by atoms with Gasteiger partial charge in [0.2, 0.25) is 5.85 Å². The van der Waals surface area contributed by atoms with Crippen LogP contribution in [0.25, 0.3) is 0 Å². The van der Waals surface area contributed by atoms with Crippen LogP contribution in [0.1, 0.15) is 96.8 Å². The molecule has 0 bridgehead atoms. The lowest BCUT2D eigenvalue weighted by atomic mass is 10.0. The van der Waals surface area contributed by atoms with Crippen LogP contribution in [0.2, 0.25) is 0 Å². The molecule has 23 heavy (non-hydrogen) atoms. The van der Waals surface area contributed by atoms with Gasteiger partial charge in [-0.3, -0.25) is 16.3 Å². The molecule has 0 aliphatic rings. The van der Waals surface area contributed by atoms with Gasteiger partial charge in [-0.05, 0) is 6.42 Å². The smallest absolute Gasteiger partial charge is 0.322 e. The molecule has 0 amide bonds. The Bertz CT molecular complexity index is 283. The summed E-state index contributed by atoms with van der Waals surface area (Å²) >= 11 is 0. The summed E-state index contributed by atoms with van der Waals surface area (Å²) in [6, 6.07) is 0. The molecular weight excluding hydrogens is 290 g/mol. The second kappa shape index (κ2) is 14.9. The molecule has 5 nitrogen and oxygen atoms in total. The first-order chi connectivity index (χ1) is 11.0. The van der Waals surface area contributed by atoms with Crippen LogP contribution in [0.15, 0.2) is 0 Å². The van der Waals surface area contributed by atoms with Gasteiger partial charge in [0.25, 0.3) is 0 Å². The van der Waals surface area contributed by atoms with Crippen molar-refractivity contribution in [3.8, 4) is 0 Å². The fourth-order valence-electron chi connectivity index (χ4n) is 2.72. The van der Waals surface area contributed by atoms with E-state index in [9.17, 15) is 4.79 Å². The van der Waals surface area contributed by atoms with E-state index in [1.54, 1.807) is 0 Å². The Kier molecular flexibility index (Phi) is 14.5. The highest BCUT2D eigenvalue weighted by molar-refractivity contribution is 5.71. The van der Waals surface area contributed by atoms with E-state index in [0.717, 1.165) is 12.8 Å². The molecule has 0 aromatic carbocycles. The van der Waals surface area contributed by atoms with Crippen molar-refractivity contribution in [2.75, 3.05) is 6.54 Å². The number of rotatable bonds is 16. The van der Waals surface area contributed by atoms with E-state index in [1.807, 2.05) is 0 Å². The third-order valence-electron chi connectivity index (χ3n) is 4.14. The van der Waals surface area contributed by atoms with Gasteiger partial charge in [-0.1, -0.05) is 84.0 Å². The molecule has 0 radical (unpaired) electrons. The van der Waals surface area contributed by atoms with E-state index >= 15 is 0 Å². The second-order valence-electron chi connectivity index (χ2n) is 6.63. The van der Waals surface area contributed by atoms with E-state index in [4.69, 9.17) is 21.9 Å². The summed E-state index contributed by atoms with van der Waals surface area (Å²) in [5.41, 5.74) is 16.6. The number of carbonyl (C=O) groups excluding carboxylic acids is 1. The first-order valence-electron chi connectivity index (χ1n) is 9.51. The standard InChI is InChI=1S/C18H39N3O2/c1-2-3-4-5-6-7-8-9-10-11-12-13-14-15-18(20,21)23-17(22)16-19/h2-16,19-21H2,1H3. The molecule has 5 heteroatoms.